The van der Waals surface area contributed by atoms with Gasteiger partial charge in [0.15, 0.2) is 0 Å². The lowest BCUT2D eigenvalue weighted by Gasteiger charge is -2.21. The van der Waals surface area contributed by atoms with Crippen molar-refractivity contribution in [3.63, 3.8) is 0 Å². The largest absolute Gasteiger partial charge is 0.397 e. The van der Waals surface area contributed by atoms with E-state index in [1.165, 1.54) is 0 Å². The van der Waals surface area contributed by atoms with E-state index in [-0.39, 0.29) is 0 Å². The molecule has 4 heteroatoms. The van der Waals surface area contributed by atoms with Gasteiger partial charge in [0.1, 0.15) is 0 Å². The van der Waals surface area contributed by atoms with Crippen LogP contribution in [-0.2, 0) is 4.84 Å². The topological polar surface area (TPSA) is 38.5 Å². The number of nitrogens with two attached hydrogens (primary N) is 1. The highest BCUT2D eigenvalue weighted by Crippen LogP contribution is 2.24. The summed E-state index contributed by atoms with van der Waals surface area (Å²) in [5.41, 5.74) is 7.51. The van der Waals surface area contributed by atoms with Gasteiger partial charge in [-0.3, -0.25) is 9.90 Å². The first kappa shape index (κ1) is 10.6. The number of rotatable bonds is 3. The van der Waals surface area contributed by atoms with Crippen molar-refractivity contribution in [2.24, 2.45) is 0 Å². The highest BCUT2D eigenvalue weighted by atomic mass is 127. The number of nitrogen functional groups attached to an aromatic ring is 1. The van der Waals surface area contributed by atoms with Crippen molar-refractivity contribution in [2.45, 2.75) is 6.92 Å². The molecule has 2 N–H and O–H groups in total. The molecule has 0 heterocycles. The van der Waals surface area contributed by atoms with Crippen LogP contribution < -0.4 is 10.8 Å². The maximum atomic E-state index is 5.85. The van der Waals surface area contributed by atoms with Crippen LogP contribution in [0.2, 0.25) is 0 Å². The third-order valence-corrected chi connectivity index (χ3v) is 2.44. The molecule has 1 aromatic carbocycles. The quantitative estimate of drug-likeness (QED) is 0.527. The fourth-order valence-corrected chi connectivity index (χ4v) is 1.67. The Labute approximate surface area is 92.0 Å². The van der Waals surface area contributed by atoms with Crippen LogP contribution in [0, 0.1) is 3.57 Å². The van der Waals surface area contributed by atoms with E-state index in [1.807, 2.05) is 25.1 Å². The van der Waals surface area contributed by atoms with Crippen LogP contribution in [0.25, 0.3) is 0 Å². The molecule has 1 aromatic rings. The Kier molecular flexibility index (Phi) is 3.80. The average molecular weight is 292 g/mol. The SMILES string of the molecule is CCN(OC)c1ccc(I)cc1N. The van der Waals surface area contributed by atoms with Gasteiger partial charge in [-0.2, -0.15) is 0 Å². The van der Waals surface area contributed by atoms with Gasteiger partial charge in [0.25, 0.3) is 0 Å². The molecule has 0 aliphatic heterocycles. The second-order valence-electron chi connectivity index (χ2n) is 2.58. The summed E-state index contributed by atoms with van der Waals surface area (Å²) in [6.45, 7) is 2.79. The number of hydrogen-bond donors (Lipinski definition) is 1. The molecule has 0 aliphatic rings. The Hall–Kier alpha value is -0.490. The predicted octanol–water partition coefficient (Wildman–Crippen LogP) is 2.26. The second-order valence-corrected chi connectivity index (χ2v) is 3.83. The highest BCUT2D eigenvalue weighted by molar-refractivity contribution is 14.1. The third kappa shape index (κ3) is 2.47. The minimum atomic E-state index is 0.746. The van der Waals surface area contributed by atoms with E-state index in [0.717, 1.165) is 21.5 Å². The molecule has 0 saturated heterocycles. The standard InChI is InChI=1S/C9H13IN2O/c1-3-12(13-2)9-5-4-7(10)6-8(9)11/h4-6H,3,11H2,1-2H3. The van der Waals surface area contributed by atoms with E-state index in [1.54, 1.807) is 12.2 Å². The maximum absolute atomic E-state index is 5.85. The summed E-state index contributed by atoms with van der Waals surface area (Å²) in [6, 6.07) is 5.90. The summed E-state index contributed by atoms with van der Waals surface area (Å²) in [5, 5.41) is 1.76. The van der Waals surface area contributed by atoms with Gasteiger partial charge in [-0.15, -0.1) is 0 Å². The predicted molar refractivity (Wildman–Crippen MR) is 63.6 cm³/mol. The Morgan fingerprint density at radius 3 is 2.69 bits per heavy atom. The van der Waals surface area contributed by atoms with Crippen LogP contribution in [0.3, 0.4) is 0 Å². The minimum Gasteiger partial charge on any atom is -0.397 e. The lowest BCUT2D eigenvalue weighted by molar-refractivity contribution is 0.171. The van der Waals surface area contributed by atoms with Gasteiger partial charge < -0.3 is 5.73 Å². The van der Waals surface area contributed by atoms with Gasteiger partial charge in [0, 0.05) is 10.1 Å². The maximum Gasteiger partial charge on any atom is 0.0866 e. The number of benzene rings is 1. The average Bonchev–Trinajstić information content (AvgIpc) is 2.10. The van der Waals surface area contributed by atoms with E-state index in [4.69, 9.17) is 10.6 Å². The molecule has 0 amide bonds. The van der Waals surface area contributed by atoms with Gasteiger partial charge in [0.2, 0.25) is 0 Å². The zero-order chi connectivity index (χ0) is 9.84. The molecule has 0 aliphatic carbocycles. The molecule has 0 saturated carbocycles. The zero-order valence-corrected chi connectivity index (χ0v) is 9.91. The molecule has 0 spiro atoms. The molecule has 0 fully saturated rings. The molecular formula is C9H13IN2O. The van der Waals surface area contributed by atoms with Crippen LogP contribution in [0.1, 0.15) is 6.92 Å². The molecule has 72 valence electrons. The summed E-state index contributed by atoms with van der Waals surface area (Å²) in [7, 11) is 1.64. The molecule has 0 unspecified atom stereocenters. The number of hydrogen-bond acceptors (Lipinski definition) is 3. The van der Waals surface area contributed by atoms with Gasteiger partial charge in [0.05, 0.1) is 18.5 Å². The number of nitrogens with zero attached hydrogens (tertiary/aromatic N) is 1. The van der Waals surface area contributed by atoms with Gasteiger partial charge in [-0.1, -0.05) is 0 Å². The van der Waals surface area contributed by atoms with Crippen LogP contribution in [0.15, 0.2) is 18.2 Å². The Morgan fingerprint density at radius 1 is 1.54 bits per heavy atom. The monoisotopic (exact) mass is 292 g/mol. The van der Waals surface area contributed by atoms with E-state index in [2.05, 4.69) is 22.6 Å². The van der Waals surface area contributed by atoms with Crippen molar-refractivity contribution in [2.75, 3.05) is 24.5 Å². The molecule has 3 nitrogen and oxygen atoms in total. The Bertz CT molecular complexity index is 287. The first-order chi connectivity index (χ1) is 6.19. The molecular weight excluding hydrogens is 279 g/mol. The third-order valence-electron chi connectivity index (χ3n) is 1.77. The number of halogens is 1. The first-order valence-corrected chi connectivity index (χ1v) is 5.13. The second kappa shape index (κ2) is 4.66. The summed E-state index contributed by atoms with van der Waals surface area (Å²) in [4.78, 5) is 5.16. The minimum absolute atomic E-state index is 0.746. The van der Waals surface area contributed by atoms with Crippen molar-refractivity contribution in [1.29, 1.82) is 0 Å². The van der Waals surface area contributed by atoms with Crippen molar-refractivity contribution in [3.8, 4) is 0 Å². The number of hydroxylamine groups is 1. The van der Waals surface area contributed by atoms with E-state index in [0.29, 0.717) is 0 Å². The fraction of sp³-hybridized carbons (Fsp3) is 0.333. The van der Waals surface area contributed by atoms with E-state index >= 15 is 0 Å². The van der Waals surface area contributed by atoms with Crippen molar-refractivity contribution < 1.29 is 4.84 Å². The lowest BCUT2D eigenvalue weighted by Crippen LogP contribution is -2.21. The molecule has 13 heavy (non-hydrogen) atoms. The fourth-order valence-electron chi connectivity index (χ4n) is 1.15. The van der Waals surface area contributed by atoms with Gasteiger partial charge >= 0.3 is 0 Å². The van der Waals surface area contributed by atoms with Crippen LogP contribution >= 0.6 is 22.6 Å². The Balaban J connectivity index is 2.99. The van der Waals surface area contributed by atoms with E-state index < -0.39 is 0 Å². The summed E-state index contributed by atoms with van der Waals surface area (Å²) >= 11 is 2.23. The molecule has 1 rings (SSSR count). The van der Waals surface area contributed by atoms with E-state index in [9.17, 15) is 0 Å². The van der Waals surface area contributed by atoms with Crippen LogP contribution in [0.4, 0.5) is 11.4 Å². The van der Waals surface area contributed by atoms with Gasteiger partial charge in [-0.25, -0.2) is 0 Å². The molecule has 0 atom stereocenters. The van der Waals surface area contributed by atoms with Crippen LogP contribution in [0.5, 0.6) is 0 Å². The molecule has 0 aromatic heterocycles. The zero-order valence-electron chi connectivity index (χ0n) is 7.75. The lowest BCUT2D eigenvalue weighted by atomic mass is 10.2. The van der Waals surface area contributed by atoms with Crippen molar-refractivity contribution in [1.82, 2.24) is 0 Å². The highest BCUT2D eigenvalue weighted by Gasteiger charge is 2.06. The normalized spacial score (nSPS) is 10.1. The Morgan fingerprint density at radius 2 is 2.23 bits per heavy atom. The first-order valence-electron chi connectivity index (χ1n) is 4.05. The molecule has 0 radical (unpaired) electrons. The van der Waals surface area contributed by atoms with Crippen molar-refractivity contribution in [3.05, 3.63) is 21.8 Å². The summed E-state index contributed by atoms with van der Waals surface area (Å²) in [5.74, 6) is 0. The van der Waals surface area contributed by atoms with Crippen LogP contribution in [-0.4, -0.2) is 13.7 Å². The molecule has 0 bridgehead atoms. The number of anilines is 2. The summed E-state index contributed by atoms with van der Waals surface area (Å²) in [6.07, 6.45) is 0. The van der Waals surface area contributed by atoms with Crippen molar-refractivity contribution >= 4 is 34.0 Å². The summed E-state index contributed by atoms with van der Waals surface area (Å²) < 4.78 is 1.13. The smallest absolute Gasteiger partial charge is 0.0866 e. The van der Waals surface area contributed by atoms with Gasteiger partial charge in [-0.05, 0) is 47.7 Å².